The Hall–Kier alpha value is -3.79. The fraction of sp³-hybridized carbons (Fsp3) is 0.200. The Morgan fingerprint density at radius 1 is 1.16 bits per heavy atom. The second-order valence-electron chi connectivity index (χ2n) is 6.70. The molecule has 2 rings (SSSR count). The van der Waals surface area contributed by atoms with Crippen LogP contribution in [0.5, 0.6) is 5.75 Å². The molecule has 0 heterocycles. The van der Waals surface area contributed by atoms with Gasteiger partial charge in [0.15, 0.2) is 5.96 Å². The van der Waals surface area contributed by atoms with Crippen LogP contribution in [0.1, 0.15) is 33.9 Å². The Morgan fingerprint density at radius 2 is 1.87 bits per heavy atom. The first-order valence-electron chi connectivity index (χ1n) is 9.04. The molecule has 164 valence electrons. The summed E-state index contributed by atoms with van der Waals surface area (Å²) in [7, 11) is 0. The Bertz CT molecular complexity index is 1040. The number of phenols is 1. The van der Waals surface area contributed by atoms with E-state index in [1.165, 1.54) is 24.3 Å². The summed E-state index contributed by atoms with van der Waals surface area (Å²) in [6, 6.07) is 7.77. The number of benzene rings is 2. The molecular formula is C20H22ClN5O5. The smallest absolute Gasteiger partial charge is 0.305 e. The number of aryl methyl sites for hydroxylation is 1. The van der Waals surface area contributed by atoms with Crippen molar-refractivity contribution < 1.29 is 24.6 Å². The first-order valence-corrected chi connectivity index (χ1v) is 9.42. The first kappa shape index (κ1) is 23.5. The number of carbonyl (C=O) groups is 3. The molecule has 0 spiro atoms. The predicted octanol–water partition coefficient (Wildman–Crippen LogP) is 1.32. The third-order valence-electron chi connectivity index (χ3n) is 4.07. The fourth-order valence-corrected chi connectivity index (χ4v) is 3.01. The van der Waals surface area contributed by atoms with Gasteiger partial charge in [0, 0.05) is 16.1 Å². The zero-order chi connectivity index (χ0) is 23.1. The molecule has 0 saturated heterocycles. The van der Waals surface area contributed by atoms with Crippen molar-refractivity contribution in [2.45, 2.75) is 19.4 Å². The number of guanidine groups is 1. The Labute approximate surface area is 182 Å². The Kier molecular flexibility index (Phi) is 7.81. The van der Waals surface area contributed by atoms with Crippen LogP contribution < -0.4 is 22.1 Å². The van der Waals surface area contributed by atoms with Crippen molar-refractivity contribution in [1.29, 1.82) is 0 Å². The topological polar surface area (TPSA) is 180 Å². The standard InChI is InChI=1S/C20H22ClN5O5/c1-10-4-11(6-13(5-10)25-20(22)23)19(31)24-9-17(28)26-15(8-18(29)30)14-7-12(21)2-3-16(14)27/h2-7,15,27H,8-9H2,1H3,(H,24,31)(H,26,28)(H,29,30)(H4,22,23,25). The number of phenolic OH excluding ortho intramolecular Hbond substituents is 1. The number of aliphatic carboxylic acids is 1. The minimum absolute atomic E-state index is 0.148. The lowest BCUT2D eigenvalue weighted by molar-refractivity contribution is -0.137. The third-order valence-corrected chi connectivity index (χ3v) is 4.31. The largest absolute Gasteiger partial charge is 0.508 e. The molecular weight excluding hydrogens is 426 g/mol. The minimum Gasteiger partial charge on any atom is -0.508 e. The highest BCUT2D eigenvalue weighted by molar-refractivity contribution is 6.30. The number of carboxylic acids is 1. The van der Waals surface area contributed by atoms with Crippen LogP contribution in [0.3, 0.4) is 0 Å². The number of nitrogens with two attached hydrogens (primary N) is 2. The number of carboxylic acid groups (broad SMARTS) is 1. The molecule has 0 fully saturated rings. The van der Waals surface area contributed by atoms with Crippen LogP contribution in [0.25, 0.3) is 0 Å². The van der Waals surface area contributed by atoms with Gasteiger partial charge in [-0.3, -0.25) is 14.4 Å². The molecule has 11 heteroatoms. The maximum Gasteiger partial charge on any atom is 0.305 e. The Morgan fingerprint density at radius 3 is 2.52 bits per heavy atom. The quantitative estimate of drug-likeness (QED) is 0.260. The van der Waals surface area contributed by atoms with E-state index in [0.717, 1.165) is 5.56 Å². The molecule has 2 aromatic carbocycles. The summed E-state index contributed by atoms with van der Waals surface area (Å²) >= 11 is 5.91. The van der Waals surface area contributed by atoms with E-state index in [4.69, 9.17) is 28.2 Å². The van der Waals surface area contributed by atoms with Crippen molar-refractivity contribution in [3.63, 3.8) is 0 Å². The molecule has 1 unspecified atom stereocenters. The van der Waals surface area contributed by atoms with Crippen LogP contribution in [0.4, 0.5) is 5.69 Å². The van der Waals surface area contributed by atoms with Crippen LogP contribution in [0.15, 0.2) is 41.4 Å². The molecule has 0 aliphatic heterocycles. The van der Waals surface area contributed by atoms with Gasteiger partial charge in [-0.15, -0.1) is 0 Å². The molecule has 1 atom stereocenters. The molecule has 0 aliphatic rings. The number of nitrogens with zero attached hydrogens (tertiary/aromatic N) is 1. The van der Waals surface area contributed by atoms with E-state index in [2.05, 4.69) is 15.6 Å². The van der Waals surface area contributed by atoms with Crippen molar-refractivity contribution in [2.24, 2.45) is 16.5 Å². The maximum atomic E-state index is 12.4. The summed E-state index contributed by atoms with van der Waals surface area (Å²) in [6.07, 6.45) is -0.493. The highest BCUT2D eigenvalue weighted by Crippen LogP contribution is 2.29. The zero-order valence-electron chi connectivity index (χ0n) is 16.6. The second kappa shape index (κ2) is 10.3. The highest BCUT2D eigenvalue weighted by atomic mass is 35.5. The monoisotopic (exact) mass is 447 g/mol. The van der Waals surface area contributed by atoms with E-state index >= 15 is 0 Å². The number of aliphatic imine (C=N–C) groups is 1. The van der Waals surface area contributed by atoms with Gasteiger partial charge in [0.1, 0.15) is 5.75 Å². The highest BCUT2D eigenvalue weighted by Gasteiger charge is 2.22. The van der Waals surface area contributed by atoms with Crippen LogP contribution in [0.2, 0.25) is 5.02 Å². The predicted molar refractivity (Wildman–Crippen MR) is 115 cm³/mol. The van der Waals surface area contributed by atoms with Gasteiger partial charge in [0.25, 0.3) is 5.91 Å². The van der Waals surface area contributed by atoms with E-state index < -0.39 is 36.8 Å². The number of rotatable bonds is 8. The van der Waals surface area contributed by atoms with E-state index in [1.807, 2.05) is 0 Å². The van der Waals surface area contributed by atoms with E-state index in [9.17, 15) is 19.5 Å². The molecule has 0 saturated carbocycles. The molecule has 10 nitrogen and oxygen atoms in total. The van der Waals surface area contributed by atoms with Gasteiger partial charge >= 0.3 is 5.97 Å². The third kappa shape index (κ3) is 7.19. The van der Waals surface area contributed by atoms with Crippen LogP contribution in [-0.4, -0.2) is 40.5 Å². The second-order valence-corrected chi connectivity index (χ2v) is 7.13. The molecule has 0 bridgehead atoms. The summed E-state index contributed by atoms with van der Waals surface area (Å²) < 4.78 is 0. The van der Waals surface area contributed by atoms with Gasteiger partial charge in [-0.1, -0.05) is 11.6 Å². The number of hydrogen-bond donors (Lipinski definition) is 6. The van der Waals surface area contributed by atoms with Crippen LogP contribution in [-0.2, 0) is 9.59 Å². The SMILES string of the molecule is Cc1cc(N=C(N)N)cc(C(=O)NCC(=O)NC(CC(=O)O)c2cc(Cl)ccc2O)c1. The van der Waals surface area contributed by atoms with Crippen molar-refractivity contribution in [2.75, 3.05) is 6.54 Å². The molecule has 2 amide bonds. The van der Waals surface area contributed by atoms with Crippen LogP contribution in [0, 0.1) is 6.92 Å². The summed E-state index contributed by atoms with van der Waals surface area (Å²) in [5, 5.41) is 24.3. The molecule has 2 aromatic rings. The molecule has 31 heavy (non-hydrogen) atoms. The van der Waals surface area contributed by atoms with Gasteiger partial charge in [-0.05, 0) is 48.9 Å². The number of hydrogen-bond acceptors (Lipinski definition) is 5. The van der Waals surface area contributed by atoms with Gasteiger partial charge < -0.3 is 32.3 Å². The maximum absolute atomic E-state index is 12.4. The van der Waals surface area contributed by atoms with E-state index in [0.29, 0.717) is 5.69 Å². The van der Waals surface area contributed by atoms with E-state index in [-0.39, 0.29) is 27.9 Å². The van der Waals surface area contributed by atoms with Crippen molar-refractivity contribution in [3.05, 3.63) is 58.1 Å². The minimum atomic E-state index is -1.19. The zero-order valence-corrected chi connectivity index (χ0v) is 17.3. The first-order chi connectivity index (χ1) is 14.5. The molecule has 0 aromatic heterocycles. The summed E-state index contributed by atoms with van der Waals surface area (Å²) in [4.78, 5) is 39.8. The van der Waals surface area contributed by atoms with E-state index in [1.54, 1.807) is 19.1 Å². The van der Waals surface area contributed by atoms with Gasteiger partial charge in [0.05, 0.1) is 24.7 Å². The normalized spacial score (nSPS) is 11.3. The average Bonchev–Trinajstić information content (AvgIpc) is 2.66. The summed E-state index contributed by atoms with van der Waals surface area (Å²) in [5.74, 6) is -2.78. The summed E-state index contributed by atoms with van der Waals surface area (Å²) in [5.41, 5.74) is 12.2. The molecule has 0 radical (unpaired) electrons. The Balaban J connectivity index is 2.09. The van der Waals surface area contributed by atoms with Gasteiger partial charge in [0.2, 0.25) is 5.91 Å². The average molecular weight is 448 g/mol. The number of aromatic hydroxyl groups is 1. The summed E-state index contributed by atoms with van der Waals surface area (Å²) in [6.45, 7) is 1.32. The molecule has 8 N–H and O–H groups in total. The lowest BCUT2D eigenvalue weighted by atomic mass is 10.0. The lowest BCUT2D eigenvalue weighted by Gasteiger charge is -2.19. The van der Waals surface area contributed by atoms with Crippen molar-refractivity contribution in [1.82, 2.24) is 10.6 Å². The number of amides is 2. The van der Waals surface area contributed by atoms with Gasteiger partial charge in [-0.2, -0.15) is 0 Å². The lowest BCUT2D eigenvalue weighted by Crippen LogP contribution is -2.39. The number of halogens is 1. The fourth-order valence-electron chi connectivity index (χ4n) is 2.83. The number of carbonyl (C=O) groups excluding carboxylic acids is 2. The van der Waals surface area contributed by atoms with Crippen molar-refractivity contribution in [3.8, 4) is 5.75 Å². The van der Waals surface area contributed by atoms with Gasteiger partial charge in [-0.25, -0.2) is 4.99 Å². The van der Waals surface area contributed by atoms with Crippen molar-refractivity contribution >= 4 is 41.0 Å². The number of nitrogens with one attached hydrogen (secondary N) is 2. The molecule has 0 aliphatic carbocycles. The van der Waals surface area contributed by atoms with Crippen LogP contribution >= 0.6 is 11.6 Å².